The lowest BCUT2D eigenvalue weighted by atomic mass is 10.1. The quantitative estimate of drug-likeness (QED) is 0.868. The van der Waals surface area contributed by atoms with Gasteiger partial charge in [-0.3, -0.25) is 0 Å². The molecule has 106 valence electrons. The van der Waals surface area contributed by atoms with Gasteiger partial charge in [0.2, 0.25) is 0 Å². The minimum absolute atomic E-state index is 0.652. The first-order chi connectivity index (χ1) is 9.92. The van der Waals surface area contributed by atoms with E-state index in [1.165, 1.54) is 38.5 Å². The largest absolute Gasteiger partial charge is 0.308 e. The van der Waals surface area contributed by atoms with Crippen molar-refractivity contribution in [3.05, 3.63) is 42.2 Å². The van der Waals surface area contributed by atoms with Crippen molar-refractivity contribution < 1.29 is 0 Å². The summed E-state index contributed by atoms with van der Waals surface area (Å²) in [5.74, 6) is 0. The third kappa shape index (κ3) is 3.45. The summed E-state index contributed by atoms with van der Waals surface area (Å²) >= 11 is 0. The summed E-state index contributed by atoms with van der Waals surface area (Å²) in [5, 5.41) is 12.5. The highest BCUT2D eigenvalue weighted by atomic mass is 15.5. The molecule has 0 amide bonds. The Labute approximate surface area is 120 Å². The van der Waals surface area contributed by atoms with Crippen LogP contribution in [-0.4, -0.2) is 21.0 Å². The summed E-state index contributed by atoms with van der Waals surface area (Å²) in [6.07, 6.45) is 9.95. The number of nitrogens with zero attached hydrogens (tertiary/aromatic N) is 3. The number of benzene rings is 1. The van der Waals surface area contributed by atoms with Crippen LogP contribution in [0.15, 0.2) is 36.5 Å². The standard InChI is InChI=1S/C16H22N4/c1-2-5-9-14(8-4-1)17-12-15-13-18-20(19-15)16-10-6-3-7-11-16/h3,6-7,10-11,13-14,17H,1-2,4-5,8-9,12H2. The fourth-order valence-electron chi connectivity index (χ4n) is 2.79. The van der Waals surface area contributed by atoms with Crippen LogP contribution in [0.5, 0.6) is 0 Å². The molecule has 0 aliphatic heterocycles. The highest BCUT2D eigenvalue weighted by Crippen LogP contribution is 2.17. The molecule has 4 nitrogen and oxygen atoms in total. The van der Waals surface area contributed by atoms with Gasteiger partial charge in [-0.2, -0.15) is 15.0 Å². The molecule has 1 heterocycles. The highest BCUT2D eigenvalue weighted by Gasteiger charge is 2.12. The Hall–Kier alpha value is -1.68. The molecule has 4 heteroatoms. The molecule has 0 bridgehead atoms. The lowest BCUT2D eigenvalue weighted by molar-refractivity contribution is 0.455. The average Bonchev–Trinajstić information content (AvgIpc) is 2.82. The first kappa shape index (κ1) is 13.3. The van der Waals surface area contributed by atoms with Gasteiger partial charge >= 0.3 is 0 Å². The van der Waals surface area contributed by atoms with Crippen molar-refractivity contribution in [2.24, 2.45) is 0 Å². The Balaban J connectivity index is 1.57. The van der Waals surface area contributed by atoms with E-state index >= 15 is 0 Å². The van der Waals surface area contributed by atoms with E-state index < -0.39 is 0 Å². The monoisotopic (exact) mass is 270 g/mol. The van der Waals surface area contributed by atoms with E-state index in [0.29, 0.717) is 6.04 Å². The van der Waals surface area contributed by atoms with Gasteiger partial charge < -0.3 is 5.32 Å². The van der Waals surface area contributed by atoms with Gasteiger partial charge in [0.15, 0.2) is 0 Å². The first-order valence-electron chi connectivity index (χ1n) is 7.62. The third-order valence-corrected chi connectivity index (χ3v) is 3.95. The van der Waals surface area contributed by atoms with Crippen LogP contribution in [0.4, 0.5) is 0 Å². The van der Waals surface area contributed by atoms with E-state index in [-0.39, 0.29) is 0 Å². The minimum atomic E-state index is 0.652. The normalized spacial score (nSPS) is 17.0. The van der Waals surface area contributed by atoms with Crippen molar-refractivity contribution >= 4 is 0 Å². The summed E-state index contributed by atoms with van der Waals surface area (Å²) in [6, 6.07) is 10.7. The molecule has 0 saturated heterocycles. The van der Waals surface area contributed by atoms with E-state index in [2.05, 4.69) is 15.5 Å². The van der Waals surface area contributed by atoms with Crippen molar-refractivity contribution in [2.75, 3.05) is 0 Å². The summed E-state index contributed by atoms with van der Waals surface area (Å²) < 4.78 is 0. The molecule has 1 aromatic carbocycles. The molecule has 1 saturated carbocycles. The summed E-state index contributed by atoms with van der Waals surface area (Å²) in [7, 11) is 0. The van der Waals surface area contributed by atoms with Crippen molar-refractivity contribution in [3.63, 3.8) is 0 Å². The molecule has 1 aromatic heterocycles. The Morgan fingerprint density at radius 3 is 2.55 bits per heavy atom. The van der Waals surface area contributed by atoms with Crippen LogP contribution >= 0.6 is 0 Å². The highest BCUT2D eigenvalue weighted by molar-refractivity contribution is 5.28. The number of rotatable bonds is 4. The van der Waals surface area contributed by atoms with Gasteiger partial charge in [-0.15, -0.1) is 0 Å². The summed E-state index contributed by atoms with van der Waals surface area (Å²) in [5.41, 5.74) is 2.02. The molecule has 0 unspecified atom stereocenters. The van der Waals surface area contributed by atoms with Crippen LogP contribution in [-0.2, 0) is 6.54 Å². The van der Waals surface area contributed by atoms with Crippen molar-refractivity contribution in [1.29, 1.82) is 0 Å². The SMILES string of the molecule is c1ccc(-n2ncc(CNC3CCCCCC3)n2)cc1. The van der Waals surface area contributed by atoms with Gasteiger partial charge in [0.25, 0.3) is 0 Å². The predicted molar refractivity (Wildman–Crippen MR) is 79.7 cm³/mol. The molecule has 0 spiro atoms. The van der Waals surface area contributed by atoms with Gasteiger partial charge in [-0.05, 0) is 25.0 Å². The third-order valence-electron chi connectivity index (χ3n) is 3.95. The second-order valence-corrected chi connectivity index (χ2v) is 5.53. The van der Waals surface area contributed by atoms with E-state index in [4.69, 9.17) is 0 Å². The van der Waals surface area contributed by atoms with E-state index in [9.17, 15) is 0 Å². The molecular formula is C16H22N4. The van der Waals surface area contributed by atoms with Gasteiger partial charge in [0.05, 0.1) is 17.6 Å². The zero-order valence-electron chi connectivity index (χ0n) is 11.8. The second kappa shape index (κ2) is 6.66. The first-order valence-corrected chi connectivity index (χ1v) is 7.62. The maximum atomic E-state index is 4.53. The molecule has 1 N–H and O–H groups in total. The zero-order chi connectivity index (χ0) is 13.6. The number of hydrogen-bond acceptors (Lipinski definition) is 3. The van der Waals surface area contributed by atoms with Crippen LogP contribution in [0, 0.1) is 0 Å². The number of para-hydroxylation sites is 1. The Morgan fingerprint density at radius 1 is 1.05 bits per heavy atom. The second-order valence-electron chi connectivity index (χ2n) is 5.53. The van der Waals surface area contributed by atoms with Crippen LogP contribution < -0.4 is 5.32 Å². The molecule has 1 aliphatic carbocycles. The Morgan fingerprint density at radius 2 is 1.80 bits per heavy atom. The lowest BCUT2D eigenvalue weighted by Gasteiger charge is -2.14. The molecular weight excluding hydrogens is 248 g/mol. The van der Waals surface area contributed by atoms with Crippen LogP contribution in [0.1, 0.15) is 44.2 Å². The van der Waals surface area contributed by atoms with Gasteiger partial charge in [0.1, 0.15) is 0 Å². The van der Waals surface area contributed by atoms with E-state index in [0.717, 1.165) is 17.9 Å². The van der Waals surface area contributed by atoms with Gasteiger partial charge in [0, 0.05) is 12.6 Å². The fourth-order valence-corrected chi connectivity index (χ4v) is 2.79. The van der Waals surface area contributed by atoms with Crippen LogP contribution in [0.2, 0.25) is 0 Å². The molecule has 0 atom stereocenters. The Kier molecular flexibility index (Phi) is 4.43. The maximum Gasteiger partial charge on any atom is 0.0969 e. The summed E-state index contributed by atoms with van der Waals surface area (Å²) in [6.45, 7) is 0.817. The summed E-state index contributed by atoms with van der Waals surface area (Å²) in [4.78, 5) is 1.70. The minimum Gasteiger partial charge on any atom is -0.308 e. The maximum absolute atomic E-state index is 4.53. The van der Waals surface area contributed by atoms with Crippen molar-refractivity contribution in [1.82, 2.24) is 20.3 Å². The van der Waals surface area contributed by atoms with Crippen molar-refractivity contribution in [2.45, 2.75) is 51.1 Å². The van der Waals surface area contributed by atoms with E-state index in [1.807, 2.05) is 36.5 Å². The van der Waals surface area contributed by atoms with Gasteiger partial charge in [-0.25, -0.2) is 0 Å². The van der Waals surface area contributed by atoms with Crippen LogP contribution in [0.25, 0.3) is 5.69 Å². The molecule has 20 heavy (non-hydrogen) atoms. The fraction of sp³-hybridized carbons (Fsp3) is 0.500. The predicted octanol–water partition coefficient (Wildman–Crippen LogP) is 3.08. The molecule has 0 radical (unpaired) electrons. The van der Waals surface area contributed by atoms with E-state index in [1.54, 1.807) is 4.80 Å². The van der Waals surface area contributed by atoms with Crippen LogP contribution in [0.3, 0.4) is 0 Å². The molecule has 2 aromatic rings. The molecule has 3 rings (SSSR count). The van der Waals surface area contributed by atoms with Gasteiger partial charge in [-0.1, -0.05) is 43.9 Å². The topological polar surface area (TPSA) is 42.7 Å². The lowest BCUT2D eigenvalue weighted by Crippen LogP contribution is -2.28. The number of hydrogen-bond donors (Lipinski definition) is 1. The van der Waals surface area contributed by atoms with Crippen molar-refractivity contribution in [3.8, 4) is 5.69 Å². The Bertz CT molecular complexity index is 512. The zero-order valence-corrected chi connectivity index (χ0v) is 11.8. The molecule has 1 fully saturated rings. The number of aromatic nitrogens is 3. The average molecular weight is 270 g/mol. The number of nitrogens with one attached hydrogen (secondary N) is 1. The smallest absolute Gasteiger partial charge is 0.0969 e. The molecule has 1 aliphatic rings.